The molecule has 0 spiro atoms. The van der Waals surface area contributed by atoms with Gasteiger partial charge in [-0.25, -0.2) is 5.43 Å². The Morgan fingerprint density at radius 2 is 2.24 bits per heavy atom. The molecule has 3 rings (SSSR count). The summed E-state index contributed by atoms with van der Waals surface area (Å²) in [5, 5.41) is 6.15. The van der Waals surface area contributed by atoms with Crippen molar-refractivity contribution in [3.05, 3.63) is 45.6 Å². The van der Waals surface area contributed by atoms with Crippen LogP contribution in [0, 0.1) is 0 Å². The van der Waals surface area contributed by atoms with Crippen molar-refractivity contribution < 1.29 is 14.3 Å². The molecule has 0 unspecified atom stereocenters. The summed E-state index contributed by atoms with van der Waals surface area (Å²) in [4.78, 5) is 15.7. The minimum absolute atomic E-state index is 0.123. The van der Waals surface area contributed by atoms with Crippen molar-refractivity contribution in [2.24, 2.45) is 5.10 Å². The lowest BCUT2D eigenvalue weighted by molar-refractivity contribution is -0.122. The second-order valence-electron chi connectivity index (χ2n) is 5.73. The summed E-state index contributed by atoms with van der Waals surface area (Å²) in [5.74, 6) is 1.22. The third kappa shape index (κ3) is 4.37. The van der Waals surface area contributed by atoms with E-state index in [9.17, 15) is 4.79 Å². The highest BCUT2D eigenvalue weighted by molar-refractivity contribution is 7.10. The molecule has 1 aromatic heterocycles. The van der Waals surface area contributed by atoms with E-state index in [0.717, 1.165) is 25.1 Å². The van der Waals surface area contributed by atoms with E-state index in [1.54, 1.807) is 37.8 Å². The molecule has 7 heteroatoms. The van der Waals surface area contributed by atoms with E-state index in [4.69, 9.17) is 9.47 Å². The fourth-order valence-corrected chi connectivity index (χ4v) is 3.67. The quantitative estimate of drug-likeness (QED) is 0.635. The number of nitrogens with zero attached hydrogens (tertiary/aromatic N) is 2. The molecule has 25 heavy (non-hydrogen) atoms. The van der Waals surface area contributed by atoms with Crippen LogP contribution >= 0.6 is 11.3 Å². The minimum Gasteiger partial charge on any atom is -0.497 e. The van der Waals surface area contributed by atoms with E-state index in [1.165, 1.54) is 10.4 Å². The average Bonchev–Trinajstić information content (AvgIpc) is 3.09. The molecule has 1 aliphatic rings. The third-order valence-corrected chi connectivity index (χ3v) is 5.11. The van der Waals surface area contributed by atoms with E-state index in [1.807, 2.05) is 12.1 Å². The molecule has 0 saturated carbocycles. The number of carbonyl (C=O) groups is 1. The predicted octanol–water partition coefficient (Wildman–Crippen LogP) is 2.27. The number of hydrazone groups is 1. The number of hydrogen-bond donors (Lipinski definition) is 1. The highest BCUT2D eigenvalue weighted by Gasteiger charge is 2.18. The Morgan fingerprint density at radius 3 is 3.04 bits per heavy atom. The Morgan fingerprint density at radius 1 is 1.36 bits per heavy atom. The summed E-state index contributed by atoms with van der Waals surface area (Å²) in [6, 6.07) is 7.56. The SMILES string of the molecule is COc1ccc(/C=N/NC(=O)CN2CCc3sccc3C2)c(OC)c1. The van der Waals surface area contributed by atoms with Crippen LogP contribution in [-0.2, 0) is 17.8 Å². The predicted molar refractivity (Wildman–Crippen MR) is 98.6 cm³/mol. The molecule has 132 valence electrons. The number of ether oxygens (including phenoxy) is 2. The monoisotopic (exact) mass is 359 g/mol. The summed E-state index contributed by atoms with van der Waals surface area (Å²) in [5.41, 5.74) is 4.68. The molecule has 0 radical (unpaired) electrons. The molecule has 0 atom stereocenters. The van der Waals surface area contributed by atoms with E-state index in [2.05, 4.69) is 26.9 Å². The second kappa shape index (κ2) is 8.13. The number of thiophene rings is 1. The average molecular weight is 359 g/mol. The van der Waals surface area contributed by atoms with Crippen molar-refractivity contribution >= 4 is 23.5 Å². The first-order valence-corrected chi connectivity index (χ1v) is 8.89. The molecule has 0 fully saturated rings. The minimum atomic E-state index is -0.123. The molecular formula is C18H21N3O3S. The van der Waals surface area contributed by atoms with E-state index in [0.29, 0.717) is 18.0 Å². The van der Waals surface area contributed by atoms with Crippen molar-refractivity contribution in [2.75, 3.05) is 27.3 Å². The molecule has 2 heterocycles. The molecule has 0 aliphatic carbocycles. The van der Waals surface area contributed by atoms with Gasteiger partial charge < -0.3 is 9.47 Å². The van der Waals surface area contributed by atoms with Crippen molar-refractivity contribution in [1.82, 2.24) is 10.3 Å². The molecule has 0 bridgehead atoms. The first-order chi connectivity index (χ1) is 12.2. The fraction of sp³-hybridized carbons (Fsp3) is 0.333. The van der Waals surface area contributed by atoms with Crippen LogP contribution in [0.15, 0.2) is 34.7 Å². The van der Waals surface area contributed by atoms with E-state index < -0.39 is 0 Å². The maximum absolute atomic E-state index is 12.1. The van der Waals surface area contributed by atoms with Gasteiger partial charge in [0.25, 0.3) is 5.91 Å². The first-order valence-electron chi connectivity index (χ1n) is 8.01. The Balaban J connectivity index is 1.53. The van der Waals surface area contributed by atoms with Gasteiger partial charge in [-0.1, -0.05) is 0 Å². The molecule has 0 saturated heterocycles. The summed E-state index contributed by atoms with van der Waals surface area (Å²) >= 11 is 1.79. The van der Waals surface area contributed by atoms with Gasteiger partial charge in [0.2, 0.25) is 0 Å². The number of carbonyl (C=O) groups excluding carboxylic acids is 1. The van der Waals surface area contributed by atoms with E-state index >= 15 is 0 Å². The Kier molecular flexibility index (Phi) is 5.67. The molecule has 1 aliphatic heterocycles. The van der Waals surface area contributed by atoms with Gasteiger partial charge in [-0.15, -0.1) is 11.3 Å². The lowest BCUT2D eigenvalue weighted by Gasteiger charge is -2.25. The molecule has 6 nitrogen and oxygen atoms in total. The lowest BCUT2D eigenvalue weighted by Crippen LogP contribution is -2.38. The van der Waals surface area contributed by atoms with Gasteiger partial charge in [0.05, 0.1) is 27.0 Å². The number of hydrogen-bond acceptors (Lipinski definition) is 6. The van der Waals surface area contributed by atoms with Gasteiger partial charge in [-0.2, -0.15) is 5.10 Å². The van der Waals surface area contributed by atoms with Crippen LogP contribution in [0.1, 0.15) is 16.0 Å². The van der Waals surface area contributed by atoms with Gasteiger partial charge in [-0.05, 0) is 35.6 Å². The first kappa shape index (κ1) is 17.4. The zero-order valence-corrected chi connectivity index (χ0v) is 15.1. The number of benzene rings is 1. The largest absolute Gasteiger partial charge is 0.497 e. The lowest BCUT2D eigenvalue weighted by atomic mass is 10.1. The summed E-state index contributed by atoms with van der Waals surface area (Å²) < 4.78 is 10.5. The Bertz CT molecular complexity index is 773. The maximum Gasteiger partial charge on any atom is 0.254 e. The molecule has 1 amide bonds. The smallest absolute Gasteiger partial charge is 0.254 e. The molecular weight excluding hydrogens is 338 g/mol. The number of amides is 1. The number of nitrogens with one attached hydrogen (secondary N) is 1. The van der Waals surface area contributed by atoms with Crippen molar-refractivity contribution in [3.8, 4) is 11.5 Å². The molecule has 1 N–H and O–H groups in total. The van der Waals surface area contributed by atoms with Crippen molar-refractivity contribution in [1.29, 1.82) is 0 Å². The fourth-order valence-electron chi connectivity index (χ4n) is 2.78. The van der Waals surface area contributed by atoms with Crippen molar-refractivity contribution in [2.45, 2.75) is 13.0 Å². The number of methoxy groups -OCH3 is 2. The van der Waals surface area contributed by atoms with Gasteiger partial charge in [0.1, 0.15) is 11.5 Å². The zero-order chi connectivity index (χ0) is 17.6. The third-order valence-electron chi connectivity index (χ3n) is 4.09. The Hall–Kier alpha value is -2.38. The van der Waals surface area contributed by atoms with Gasteiger partial charge in [0.15, 0.2) is 0 Å². The summed E-state index contributed by atoms with van der Waals surface area (Å²) in [6.45, 7) is 2.06. The van der Waals surface area contributed by atoms with Crippen LogP contribution in [0.4, 0.5) is 0 Å². The van der Waals surface area contributed by atoms with E-state index in [-0.39, 0.29) is 5.91 Å². The number of rotatable bonds is 6. The van der Waals surface area contributed by atoms with Crippen LogP contribution in [0.25, 0.3) is 0 Å². The number of fused-ring (bicyclic) bond motifs is 1. The van der Waals surface area contributed by atoms with Gasteiger partial charge in [0, 0.05) is 29.6 Å². The van der Waals surface area contributed by atoms with Crippen LogP contribution in [-0.4, -0.2) is 44.3 Å². The second-order valence-corrected chi connectivity index (χ2v) is 6.73. The van der Waals surface area contributed by atoms with Crippen LogP contribution in [0.5, 0.6) is 11.5 Å². The summed E-state index contributed by atoms with van der Waals surface area (Å²) in [6.07, 6.45) is 2.58. The van der Waals surface area contributed by atoms with Crippen LogP contribution in [0.3, 0.4) is 0 Å². The zero-order valence-electron chi connectivity index (χ0n) is 14.3. The molecule has 2 aromatic rings. The van der Waals surface area contributed by atoms with Gasteiger partial charge in [-0.3, -0.25) is 9.69 Å². The van der Waals surface area contributed by atoms with Gasteiger partial charge >= 0.3 is 0 Å². The molecule has 1 aromatic carbocycles. The van der Waals surface area contributed by atoms with Crippen LogP contribution in [0.2, 0.25) is 0 Å². The normalized spacial score (nSPS) is 14.3. The topological polar surface area (TPSA) is 63.2 Å². The standard InChI is InChI=1S/C18H21N3O3S/c1-23-15-4-3-13(16(9-15)24-2)10-19-20-18(22)12-21-7-5-17-14(11-21)6-8-25-17/h3-4,6,8-10H,5,7,11-12H2,1-2H3,(H,20,22)/b19-10+. The van der Waals surface area contributed by atoms with Crippen LogP contribution < -0.4 is 14.9 Å². The highest BCUT2D eigenvalue weighted by Crippen LogP contribution is 2.24. The highest BCUT2D eigenvalue weighted by atomic mass is 32.1. The Labute approximate surface area is 151 Å². The van der Waals surface area contributed by atoms with Crippen molar-refractivity contribution in [3.63, 3.8) is 0 Å². The maximum atomic E-state index is 12.1. The summed E-state index contributed by atoms with van der Waals surface area (Å²) in [7, 11) is 3.18.